The van der Waals surface area contributed by atoms with Gasteiger partial charge in [-0.1, -0.05) is 41.9 Å². The van der Waals surface area contributed by atoms with E-state index in [1.165, 1.54) is 5.56 Å². The molecule has 27 heavy (non-hydrogen) atoms. The predicted octanol–water partition coefficient (Wildman–Crippen LogP) is 6.58. The van der Waals surface area contributed by atoms with Gasteiger partial charge in [0.05, 0.1) is 5.69 Å². The second-order valence-corrected chi connectivity index (χ2v) is 7.19. The van der Waals surface area contributed by atoms with Crippen LogP contribution in [0.3, 0.4) is 0 Å². The van der Waals surface area contributed by atoms with Gasteiger partial charge in [-0.3, -0.25) is 0 Å². The molecule has 3 nitrogen and oxygen atoms in total. The minimum Gasteiger partial charge on any atom is -0.476 e. The largest absolute Gasteiger partial charge is 0.476 e. The Kier molecular flexibility index (Phi) is 5.12. The van der Waals surface area contributed by atoms with Gasteiger partial charge in [-0.25, -0.2) is 4.99 Å². The SMILES string of the molecule is Clc1ccc(N=COC2(Cc3cccc(Oc4ccccc4)c3)CC2)cc1. The van der Waals surface area contributed by atoms with Crippen LogP contribution in [0, 0.1) is 0 Å². The molecule has 0 spiro atoms. The van der Waals surface area contributed by atoms with E-state index in [2.05, 4.69) is 17.1 Å². The number of hydrogen-bond donors (Lipinski definition) is 0. The van der Waals surface area contributed by atoms with Gasteiger partial charge in [-0.2, -0.15) is 0 Å². The second-order valence-electron chi connectivity index (χ2n) is 6.75. The number of nitrogens with zero attached hydrogens (tertiary/aromatic N) is 1. The lowest BCUT2D eigenvalue weighted by Gasteiger charge is -2.15. The molecule has 0 radical (unpaired) electrons. The maximum Gasteiger partial charge on any atom is 0.175 e. The predicted molar refractivity (Wildman–Crippen MR) is 109 cm³/mol. The summed E-state index contributed by atoms with van der Waals surface area (Å²) in [5.74, 6) is 1.67. The van der Waals surface area contributed by atoms with Gasteiger partial charge in [0.2, 0.25) is 0 Å². The molecule has 0 heterocycles. The summed E-state index contributed by atoms with van der Waals surface area (Å²) >= 11 is 5.89. The third kappa shape index (κ3) is 4.89. The fourth-order valence-corrected chi connectivity index (χ4v) is 3.04. The Morgan fingerprint density at radius 3 is 2.37 bits per heavy atom. The maximum absolute atomic E-state index is 5.97. The first-order valence-electron chi connectivity index (χ1n) is 8.99. The van der Waals surface area contributed by atoms with Gasteiger partial charge in [0.15, 0.2) is 6.40 Å². The molecular formula is C23H20ClNO2. The average molecular weight is 378 g/mol. The quantitative estimate of drug-likeness (QED) is 0.343. The molecule has 0 aliphatic heterocycles. The molecule has 4 heteroatoms. The van der Waals surface area contributed by atoms with Crippen molar-refractivity contribution in [2.24, 2.45) is 4.99 Å². The van der Waals surface area contributed by atoms with Gasteiger partial charge in [0.1, 0.15) is 17.1 Å². The van der Waals surface area contributed by atoms with Gasteiger partial charge < -0.3 is 9.47 Å². The lowest BCUT2D eigenvalue weighted by molar-refractivity contribution is 0.176. The molecule has 3 aromatic rings. The highest BCUT2D eigenvalue weighted by molar-refractivity contribution is 6.30. The first kappa shape index (κ1) is 17.6. The smallest absolute Gasteiger partial charge is 0.175 e. The van der Waals surface area contributed by atoms with Gasteiger partial charge in [-0.15, -0.1) is 0 Å². The highest BCUT2D eigenvalue weighted by atomic mass is 35.5. The standard InChI is InChI=1S/C23H20ClNO2/c24-19-9-11-20(12-10-19)25-17-26-23(13-14-23)16-18-5-4-8-22(15-18)27-21-6-2-1-3-7-21/h1-12,15,17H,13-14,16H2. The molecule has 3 aromatic carbocycles. The fraction of sp³-hybridized carbons (Fsp3) is 0.174. The molecule has 1 aliphatic carbocycles. The number of hydrogen-bond acceptors (Lipinski definition) is 3. The van der Waals surface area contributed by atoms with Crippen LogP contribution >= 0.6 is 11.6 Å². The summed E-state index contributed by atoms with van der Waals surface area (Å²) in [6, 6.07) is 25.4. The highest BCUT2D eigenvalue weighted by Crippen LogP contribution is 2.42. The molecular weight excluding hydrogens is 358 g/mol. The Morgan fingerprint density at radius 2 is 1.63 bits per heavy atom. The minimum atomic E-state index is -0.151. The molecule has 0 N–H and O–H groups in total. The molecule has 0 unspecified atom stereocenters. The van der Waals surface area contributed by atoms with E-state index < -0.39 is 0 Å². The van der Waals surface area contributed by atoms with Crippen LogP contribution in [-0.4, -0.2) is 12.0 Å². The van der Waals surface area contributed by atoms with Gasteiger partial charge in [0.25, 0.3) is 0 Å². The van der Waals surface area contributed by atoms with Crippen LogP contribution in [0.15, 0.2) is 83.9 Å². The fourth-order valence-electron chi connectivity index (χ4n) is 2.92. The van der Waals surface area contributed by atoms with Crippen LogP contribution in [0.2, 0.25) is 5.02 Å². The van der Waals surface area contributed by atoms with E-state index >= 15 is 0 Å². The molecule has 1 fully saturated rings. The molecule has 1 saturated carbocycles. The molecule has 0 bridgehead atoms. The van der Waals surface area contributed by atoms with Crippen LogP contribution in [0.5, 0.6) is 11.5 Å². The van der Waals surface area contributed by atoms with Gasteiger partial charge in [0, 0.05) is 11.4 Å². The first-order valence-corrected chi connectivity index (χ1v) is 9.36. The molecule has 1 aliphatic rings. The van der Waals surface area contributed by atoms with Crippen molar-refractivity contribution in [2.75, 3.05) is 0 Å². The van der Waals surface area contributed by atoms with E-state index in [4.69, 9.17) is 21.1 Å². The zero-order valence-electron chi connectivity index (χ0n) is 14.8. The maximum atomic E-state index is 5.97. The van der Waals surface area contributed by atoms with Crippen molar-refractivity contribution in [1.82, 2.24) is 0 Å². The van der Waals surface area contributed by atoms with Crippen molar-refractivity contribution in [3.8, 4) is 11.5 Å². The van der Waals surface area contributed by atoms with Crippen molar-refractivity contribution in [1.29, 1.82) is 0 Å². The molecule has 4 rings (SSSR count). The van der Waals surface area contributed by atoms with E-state index in [0.717, 1.165) is 36.4 Å². The monoisotopic (exact) mass is 377 g/mol. The number of halogens is 1. The number of rotatable bonds is 7. The Morgan fingerprint density at radius 1 is 0.889 bits per heavy atom. The lowest BCUT2D eigenvalue weighted by atomic mass is 10.1. The van der Waals surface area contributed by atoms with E-state index in [9.17, 15) is 0 Å². The number of aliphatic imine (C=N–C) groups is 1. The van der Waals surface area contributed by atoms with Crippen LogP contribution in [0.25, 0.3) is 0 Å². The zero-order chi connectivity index (χ0) is 18.5. The van der Waals surface area contributed by atoms with Crippen LogP contribution in [-0.2, 0) is 11.2 Å². The second kappa shape index (κ2) is 7.85. The number of para-hydroxylation sites is 1. The molecule has 136 valence electrons. The molecule has 0 saturated heterocycles. The van der Waals surface area contributed by atoms with E-state index in [-0.39, 0.29) is 5.60 Å². The molecule has 0 amide bonds. The van der Waals surface area contributed by atoms with E-state index in [1.807, 2.05) is 66.7 Å². The van der Waals surface area contributed by atoms with Crippen molar-refractivity contribution < 1.29 is 9.47 Å². The summed E-state index contributed by atoms with van der Waals surface area (Å²) in [7, 11) is 0. The number of benzene rings is 3. The third-order valence-corrected chi connectivity index (χ3v) is 4.79. The lowest BCUT2D eigenvalue weighted by Crippen LogP contribution is -2.16. The Balaban J connectivity index is 1.38. The highest BCUT2D eigenvalue weighted by Gasteiger charge is 2.44. The van der Waals surface area contributed by atoms with E-state index in [1.54, 1.807) is 6.40 Å². The minimum absolute atomic E-state index is 0.151. The topological polar surface area (TPSA) is 30.8 Å². The summed E-state index contributed by atoms with van der Waals surface area (Å²) in [6.45, 7) is 0. The molecule has 0 atom stereocenters. The van der Waals surface area contributed by atoms with Gasteiger partial charge in [-0.05, 0) is 66.9 Å². The summed E-state index contributed by atoms with van der Waals surface area (Å²) in [5, 5.41) is 0.700. The van der Waals surface area contributed by atoms with Crippen molar-refractivity contribution in [2.45, 2.75) is 24.9 Å². The summed E-state index contributed by atoms with van der Waals surface area (Å²) in [5.41, 5.74) is 1.87. The zero-order valence-corrected chi connectivity index (χ0v) is 15.6. The van der Waals surface area contributed by atoms with Crippen LogP contribution < -0.4 is 4.74 Å². The summed E-state index contributed by atoms with van der Waals surface area (Å²) in [6.07, 6.45) is 4.46. The average Bonchev–Trinajstić information content (AvgIpc) is 3.44. The summed E-state index contributed by atoms with van der Waals surface area (Å²) < 4.78 is 11.9. The first-order chi connectivity index (χ1) is 13.2. The van der Waals surface area contributed by atoms with Crippen molar-refractivity contribution in [3.63, 3.8) is 0 Å². The van der Waals surface area contributed by atoms with Crippen molar-refractivity contribution >= 4 is 23.7 Å². The summed E-state index contributed by atoms with van der Waals surface area (Å²) in [4.78, 5) is 4.36. The Hall–Kier alpha value is -2.78. The Labute approximate surface area is 164 Å². The van der Waals surface area contributed by atoms with Gasteiger partial charge >= 0.3 is 0 Å². The van der Waals surface area contributed by atoms with E-state index in [0.29, 0.717) is 5.02 Å². The number of ether oxygens (including phenoxy) is 2. The normalized spacial score (nSPS) is 14.9. The van der Waals surface area contributed by atoms with Crippen LogP contribution in [0.1, 0.15) is 18.4 Å². The molecule has 0 aromatic heterocycles. The van der Waals surface area contributed by atoms with Crippen LogP contribution in [0.4, 0.5) is 5.69 Å². The third-order valence-electron chi connectivity index (χ3n) is 4.54. The van der Waals surface area contributed by atoms with Crippen molar-refractivity contribution in [3.05, 3.63) is 89.4 Å². The Bertz CT molecular complexity index is 919.